The molecule has 134 valence electrons. The first-order valence-electron chi connectivity index (χ1n) is 8.51. The summed E-state index contributed by atoms with van der Waals surface area (Å²) < 4.78 is 7.26. The van der Waals surface area contributed by atoms with Crippen molar-refractivity contribution in [3.8, 4) is 17.0 Å². The summed E-state index contributed by atoms with van der Waals surface area (Å²) >= 11 is 0. The van der Waals surface area contributed by atoms with Crippen LogP contribution in [0.4, 0.5) is 5.69 Å². The molecular formula is C21H18N4O2. The smallest absolute Gasteiger partial charge is 0.256 e. The highest BCUT2D eigenvalue weighted by Gasteiger charge is 2.14. The van der Waals surface area contributed by atoms with E-state index in [1.807, 2.05) is 66.2 Å². The second-order valence-electron chi connectivity index (χ2n) is 6.14. The highest BCUT2D eigenvalue weighted by Crippen LogP contribution is 2.30. The monoisotopic (exact) mass is 358 g/mol. The fourth-order valence-corrected chi connectivity index (χ4v) is 2.95. The Hall–Kier alpha value is -3.67. The van der Waals surface area contributed by atoms with E-state index in [1.165, 1.54) is 0 Å². The Morgan fingerprint density at radius 2 is 2.00 bits per heavy atom. The van der Waals surface area contributed by atoms with Crippen LogP contribution < -0.4 is 10.1 Å². The Labute approximate surface area is 156 Å². The molecule has 0 atom stereocenters. The van der Waals surface area contributed by atoms with Crippen molar-refractivity contribution in [2.75, 3.05) is 12.4 Å². The zero-order valence-corrected chi connectivity index (χ0v) is 15.0. The van der Waals surface area contributed by atoms with Crippen molar-refractivity contribution in [1.29, 1.82) is 0 Å². The molecule has 6 heteroatoms. The lowest BCUT2D eigenvalue weighted by Crippen LogP contribution is -2.14. The number of fused-ring (bicyclic) bond motifs is 1. The molecule has 0 unspecified atom stereocenters. The molecule has 0 saturated carbocycles. The van der Waals surface area contributed by atoms with E-state index in [0.717, 1.165) is 16.8 Å². The molecule has 0 aliphatic carbocycles. The number of rotatable bonds is 4. The average molecular weight is 358 g/mol. The van der Waals surface area contributed by atoms with E-state index in [1.54, 1.807) is 19.4 Å². The number of amides is 1. The number of nitrogens with zero attached hydrogens (tertiary/aromatic N) is 3. The third-order valence-corrected chi connectivity index (χ3v) is 4.37. The lowest BCUT2D eigenvalue weighted by molar-refractivity contribution is 0.102. The van der Waals surface area contributed by atoms with Gasteiger partial charge in [-0.05, 0) is 42.8 Å². The van der Waals surface area contributed by atoms with Gasteiger partial charge in [0.2, 0.25) is 5.78 Å². The van der Waals surface area contributed by atoms with E-state index < -0.39 is 0 Å². The molecule has 4 aromatic rings. The van der Waals surface area contributed by atoms with Crippen molar-refractivity contribution < 1.29 is 9.53 Å². The van der Waals surface area contributed by atoms with Crippen LogP contribution in [0.25, 0.3) is 17.0 Å². The van der Waals surface area contributed by atoms with E-state index in [-0.39, 0.29) is 5.91 Å². The summed E-state index contributed by atoms with van der Waals surface area (Å²) in [6.07, 6.45) is 5.49. The third kappa shape index (κ3) is 3.25. The van der Waals surface area contributed by atoms with Gasteiger partial charge in [0.25, 0.3) is 5.91 Å². The van der Waals surface area contributed by atoms with Gasteiger partial charge in [0.15, 0.2) is 0 Å². The molecule has 0 bridgehead atoms. The van der Waals surface area contributed by atoms with Crippen LogP contribution in [-0.4, -0.2) is 27.4 Å². The molecule has 0 aliphatic heterocycles. The number of nitrogens with one attached hydrogen (secondary N) is 1. The normalized spacial score (nSPS) is 10.7. The van der Waals surface area contributed by atoms with Crippen LogP contribution in [0.15, 0.2) is 67.1 Å². The Bertz CT molecular complexity index is 1100. The Kier molecular flexibility index (Phi) is 4.30. The van der Waals surface area contributed by atoms with Crippen LogP contribution in [0, 0.1) is 6.92 Å². The molecule has 2 heterocycles. The number of carbonyl (C=O) groups is 1. The van der Waals surface area contributed by atoms with E-state index in [4.69, 9.17) is 4.74 Å². The van der Waals surface area contributed by atoms with Gasteiger partial charge >= 0.3 is 0 Å². The van der Waals surface area contributed by atoms with Crippen molar-refractivity contribution in [2.24, 2.45) is 0 Å². The van der Waals surface area contributed by atoms with Gasteiger partial charge in [-0.1, -0.05) is 18.2 Å². The fourth-order valence-electron chi connectivity index (χ4n) is 2.95. The van der Waals surface area contributed by atoms with Gasteiger partial charge in [0, 0.05) is 29.7 Å². The number of hydrogen-bond donors (Lipinski definition) is 1. The van der Waals surface area contributed by atoms with Gasteiger partial charge < -0.3 is 10.1 Å². The van der Waals surface area contributed by atoms with Crippen molar-refractivity contribution in [2.45, 2.75) is 6.92 Å². The van der Waals surface area contributed by atoms with E-state index in [2.05, 4.69) is 15.3 Å². The Morgan fingerprint density at radius 1 is 1.15 bits per heavy atom. The lowest BCUT2D eigenvalue weighted by Gasteiger charge is -2.12. The fraction of sp³-hybridized carbons (Fsp3) is 0.0952. The summed E-state index contributed by atoms with van der Waals surface area (Å²) in [6, 6.07) is 14.9. The molecule has 0 fully saturated rings. The van der Waals surface area contributed by atoms with Crippen molar-refractivity contribution >= 4 is 17.4 Å². The number of hydrogen-bond acceptors (Lipinski definition) is 4. The molecule has 27 heavy (non-hydrogen) atoms. The average Bonchev–Trinajstić information content (AvgIpc) is 3.12. The van der Waals surface area contributed by atoms with Crippen LogP contribution in [0.5, 0.6) is 5.75 Å². The summed E-state index contributed by atoms with van der Waals surface area (Å²) in [7, 11) is 1.58. The molecule has 0 spiro atoms. The maximum Gasteiger partial charge on any atom is 0.256 e. The van der Waals surface area contributed by atoms with Crippen LogP contribution in [0.1, 0.15) is 15.9 Å². The van der Waals surface area contributed by atoms with Crippen LogP contribution in [0.3, 0.4) is 0 Å². The number of imidazole rings is 1. The molecule has 6 nitrogen and oxygen atoms in total. The third-order valence-electron chi connectivity index (χ3n) is 4.37. The Balaban J connectivity index is 1.70. The SMILES string of the molecule is COc1ccc(-c2cn3cccnc3n2)cc1NC(=O)c1ccccc1C. The van der Waals surface area contributed by atoms with E-state index in [9.17, 15) is 4.79 Å². The number of methoxy groups -OCH3 is 1. The largest absolute Gasteiger partial charge is 0.495 e. The van der Waals surface area contributed by atoms with E-state index >= 15 is 0 Å². The van der Waals surface area contributed by atoms with Gasteiger partial charge in [-0.25, -0.2) is 9.97 Å². The van der Waals surface area contributed by atoms with Crippen LogP contribution in [-0.2, 0) is 0 Å². The van der Waals surface area contributed by atoms with Gasteiger partial charge in [0.1, 0.15) is 5.75 Å². The van der Waals surface area contributed by atoms with Crippen LogP contribution in [0.2, 0.25) is 0 Å². The summed E-state index contributed by atoms with van der Waals surface area (Å²) in [5.74, 6) is 1.02. The zero-order chi connectivity index (χ0) is 18.8. The molecule has 0 saturated heterocycles. The van der Waals surface area contributed by atoms with Gasteiger partial charge in [-0.3, -0.25) is 9.20 Å². The number of carbonyl (C=O) groups excluding carboxylic acids is 1. The molecule has 2 aromatic heterocycles. The maximum atomic E-state index is 12.7. The summed E-state index contributed by atoms with van der Waals surface area (Å²) in [6.45, 7) is 1.91. The first-order valence-corrected chi connectivity index (χ1v) is 8.51. The standard InChI is InChI=1S/C21H18N4O2/c1-14-6-3-4-7-16(14)20(26)23-17-12-15(8-9-19(17)27-2)18-13-25-11-5-10-22-21(25)24-18/h3-13H,1-2H3,(H,23,26). The van der Waals surface area contributed by atoms with Gasteiger partial charge in [-0.2, -0.15) is 0 Å². The van der Waals surface area contributed by atoms with Crippen molar-refractivity contribution in [1.82, 2.24) is 14.4 Å². The number of benzene rings is 2. The molecule has 1 N–H and O–H groups in total. The molecule has 1 amide bonds. The highest BCUT2D eigenvalue weighted by atomic mass is 16.5. The van der Waals surface area contributed by atoms with Crippen LogP contribution >= 0.6 is 0 Å². The van der Waals surface area contributed by atoms with Crippen molar-refractivity contribution in [3.05, 3.63) is 78.2 Å². The predicted molar refractivity (Wildman–Crippen MR) is 104 cm³/mol. The molecular weight excluding hydrogens is 340 g/mol. The van der Waals surface area contributed by atoms with Crippen molar-refractivity contribution in [3.63, 3.8) is 0 Å². The number of anilines is 1. The summed E-state index contributed by atoms with van der Waals surface area (Å²) in [5, 5.41) is 2.95. The summed E-state index contributed by atoms with van der Waals surface area (Å²) in [5.41, 5.74) is 3.76. The van der Waals surface area contributed by atoms with E-state index in [0.29, 0.717) is 22.8 Å². The zero-order valence-electron chi connectivity index (χ0n) is 15.0. The lowest BCUT2D eigenvalue weighted by atomic mass is 10.1. The Morgan fingerprint density at radius 3 is 2.78 bits per heavy atom. The topological polar surface area (TPSA) is 68.5 Å². The quantitative estimate of drug-likeness (QED) is 0.599. The highest BCUT2D eigenvalue weighted by molar-refractivity contribution is 6.06. The summed E-state index contributed by atoms with van der Waals surface area (Å²) in [4.78, 5) is 21.5. The minimum Gasteiger partial charge on any atom is -0.495 e. The minimum atomic E-state index is -0.180. The first kappa shape index (κ1) is 16.8. The number of aryl methyl sites for hydroxylation is 1. The van der Waals surface area contributed by atoms with Gasteiger partial charge in [-0.15, -0.1) is 0 Å². The predicted octanol–water partition coefficient (Wildman–Crippen LogP) is 3.97. The van der Waals surface area contributed by atoms with Gasteiger partial charge in [0.05, 0.1) is 18.5 Å². The minimum absolute atomic E-state index is 0.180. The molecule has 4 rings (SSSR count). The number of ether oxygens (including phenoxy) is 1. The second kappa shape index (κ2) is 6.92. The number of aromatic nitrogens is 3. The first-order chi connectivity index (χ1) is 13.2. The molecule has 0 radical (unpaired) electrons. The second-order valence-corrected chi connectivity index (χ2v) is 6.14. The maximum absolute atomic E-state index is 12.7. The molecule has 2 aromatic carbocycles. The molecule has 0 aliphatic rings.